The summed E-state index contributed by atoms with van der Waals surface area (Å²) in [6.07, 6.45) is 2.39. The molecule has 3 heterocycles. The van der Waals surface area contributed by atoms with Crippen LogP contribution in [0.3, 0.4) is 0 Å². The minimum atomic E-state index is -0.875. The van der Waals surface area contributed by atoms with Gasteiger partial charge in [-0.1, -0.05) is 6.07 Å². The SMILES string of the molecule is COc1ccc2c(Nc3ccc4c(c3)CN(C(=O)OC(C)(C)C)CC4)c(CCC(=O)O)cnc2n1. The van der Waals surface area contributed by atoms with Crippen molar-refractivity contribution >= 4 is 34.5 Å². The van der Waals surface area contributed by atoms with Crippen LogP contribution < -0.4 is 10.1 Å². The number of pyridine rings is 2. The molecule has 0 spiro atoms. The number of benzene rings is 1. The molecule has 1 aliphatic rings. The number of nitrogens with zero attached hydrogens (tertiary/aromatic N) is 3. The van der Waals surface area contributed by atoms with Crippen LogP contribution in [0.15, 0.2) is 36.5 Å². The van der Waals surface area contributed by atoms with Crippen molar-refractivity contribution in [3.8, 4) is 5.88 Å². The summed E-state index contributed by atoms with van der Waals surface area (Å²) in [6.45, 7) is 6.64. The normalized spacial score (nSPS) is 13.3. The maximum absolute atomic E-state index is 12.6. The molecule has 4 rings (SSSR count). The lowest BCUT2D eigenvalue weighted by Gasteiger charge is -2.31. The van der Waals surface area contributed by atoms with Crippen molar-refractivity contribution in [3.63, 3.8) is 0 Å². The zero-order valence-corrected chi connectivity index (χ0v) is 20.4. The number of fused-ring (bicyclic) bond motifs is 2. The summed E-state index contributed by atoms with van der Waals surface area (Å²) in [5, 5.41) is 13.4. The van der Waals surface area contributed by atoms with E-state index in [2.05, 4.69) is 21.4 Å². The molecule has 9 heteroatoms. The number of rotatable bonds is 6. The van der Waals surface area contributed by atoms with Gasteiger partial charge in [0.05, 0.1) is 12.8 Å². The van der Waals surface area contributed by atoms with Crippen molar-refractivity contribution < 1.29 is 24.2 Å². The van der Waals surface area contributed by atoms with Gasteiger partial charge in [-0.15, -0.1) is 0 Å². The Hall–Kier alpha value is -3.88. The van der Waals surface area contributed by atoms with Gasteiger partial charge in [0.2, 0.25) is 5.88 Å². The Labute approximate surface area is 204 Å². The molecule has 2 N–H and O–H groups in total. The molecule has 0 saturated carbocycles. The lowest BCUT2D eigenvalue weighted by atomic mass is 9.99. The lowest BCUT2D eigenvalue weighted by molar-refractivity contribution is -0.136. The average Bonchev–Trinajstić information content (AvgIpc) is 2.81. The second kappa shape index (κ2) is 9.77. The van der Waals surface area contributed by atoms with E-state index in [-0.39, 0.29) is 12.5 Å². The largest absolute Gasteiger partial charge is 0.481 e. The molecule has 0 saturated heterocycles. The van der Waals surface area contributed by atoms with Gasteiger partial charge in [0.15, 0.2) is 5.65 Å². The number of hydrogen-bond donors (Lipinski definition) is 2. The van der Waals surface area contributed by atoms with E-state index < -0.39 is 11.6 Å². The highest BCUT2D eigenvalue weighted by atomic mass is 16.6. The Morgan fingerprint density at radius 2 is 1.97 bits per heavy atom. The van der Waals surface area contributed by atoms with Gasteiger partial charge >= 0.3 is 12.1 Å². The van der Waals surface area contributed by atoms with Crippen LogP contribution in [0.1, 0.15) is 43.9 Å². The molecule has 0 radical (unpaired) electrons. The Morgan fingerprint density at radius 3 is 2.69 bits per heavy atom. The number of aromatic nitrogens is 2. The number of carbonyl (C=O) groups is 2. The van der Waals surface area contributed by atoms with E-state index in [1.807, 2.05) is 39.0 Å². The van der Waals surface area contributed by atoms with Gasteiger partial charge in [0.1, 0.15) is 5.60 Å². The number of anilines is 2. The molecule has 0 bridgehead atoms. The van der Waals surface area contributed by atoms with Gasteiger partial charge in [0.25, 0.3) is 0 Å². The van der Waals surface area contributed by atoms with E-state index in [4.69, 9.17) is 9.47 Å². The summed E-state index contributed by atoms with van der Waals surface area (Å²) in [7, 11) is 1.54. The number of aliphatic carboxylic acids is 1. The highest BCUT2D eigenvalue weighted by Crippen LogP contribution is 2.32. The maximum Gasteiger partial charge on any atom is 0.410 e. The first-order valence-corrected chi connectivity index (χ1v) is 11.5. The standard InChI is InChI=1S/C26H30N4O5/c1-26(2,3)35-25(33)30-12-11-16-5-7-19(13-18(16)15-30)28-23-17(6-10-22(31)32)14-27-24-20(23)8-9-21(29-24)34-4/h5,7-9,13-14H,6,10-12,15H2,1-4H3,(H,31,32)(H,27,28,29). The number of aryl methyl sites for hydroxylation is 1. The van der Waals surface area contributed by atoms with Gasteiger partial charge in [-0.05, 0) is 68.5 Å². The Kier molecular flexibility index (Phi) is 6.77. The molecular weight excluding hydrogens is 448 g/mol. The van der Waals surface area contributed by atoms with Crippen LogP contribution in [0.2, 0.25) is 0 Å². The van der Waals surface area contributed by atoms with Crippen LogP contribution in [0.5, 0.6) is 5.88 Å². The number of amides is 1. The minimum absolute atomic E-state index is 0.0134. The third-order valence-electron chi connectivity index (χ3n) is 5.74. The molecule has 0 atom stereocenters. The number of carboxylic acids is 1. The zero-order valence-electron chi connectivity index (χ0n) is 20.4. The van der Waals surface area contributed by atoms with Crippen LogP contribution in [-0.2, 0) is 28.9 Å². The molecule has 1 amide bonds. The Morgan fingerprint density at radius 1 is 1.17 bits per heavy atom. The van der Waals surface area contributed by atoms with Crippen LogP contribution in [0.25, 0.3) is 11.0 Å². The summed E-state index contributed by atoms with van der Waals surface area (Å²) >= 11 is 0. The van der Waals surface area contributed by atoms with E-state index in [1.165, 1.54) is 5.56 Å². The van der Waals surface area contributed by atoms with Crippen LogP contribution in [0, 0.1) is 0 Å². The van der Waals surface area contributed by atoms with Gasteiger partial charge in [-0.3, -0.25) is 4.79 Å². The van der Waals surface area contributed by atoms with Crippen molar-refractivity contribution in [2.24, 2.45) is 0 Å². The molecule has 0 aliphatic carbocycles. The van der Waals surface area contributed by atoms with Crippen molar-refractivity contribution in [1.29, 1.82) is 0 Å². The van der Waals surface area contributed by atoms with Gasteiger partial charge in [-0.2, -0.15) is 4.98 Å². The first-order valence-electron chi connectivity index (χ1n) is 11.5. The highest BCUT2D eigenvalue weighted by molar-refractivity contribution is 5.93. The minimum Gasteiger partial charge on any atom is -0.481 e. The smallest absolute Gasteiger partial charge is 0.410 e. The topological polar surface area (TPSA) is 114 Å². The van der Waals surface area contributed by atoms with Gasteiger partial charge in [-0.25, -0.2) is 9.78 Å². The lowest BCUT2D eigenvalue weighted by Crippen LogP contribution is -2.39. The predicted octanol–water partition coefficient (Wildman–Crippen LogP) is 4.69. The van der Waals surface area contributed by atoms with Gasteiger partial charge in [0, 0.05) is 42.8 Å². The molecule has 184 valence electrons. The fourth-order valence-corrected chi connectivity index (χ4v) is 4.06. The van der Waals surface area contributed by atoms with E-state index in [0.29, 0.717) is 31.0 Å². The third kappa shape index (κ3) is 5.79. The van der Waals surface area contributed by atoms with E-state index in [1.54, 1.807) is 24.3 Å². The van der Waals surface area contributed by atoms with Crippen LogP contribution in [-0.4, -0.2) is 51.3 Å². The zero-order chi connectivity index (χ0) is 25.2. The molecule has 0 fully saturated rings. The maximum atomic E-state index is 12.6. The number of ether oxygens (including phenoxy) is 2. The Bertz CT molecular complexity index is 1270. The summed E-state index contributed by atoms with van der Waals surface area (Å²) in [5.74, 6) is -0.426. The van der Waals surface area contributed by atoms with Crippen molar-refractivity contribution in [2.45, 2.75) is 52.2 Å². The second-order valence-corrected chi connectivity index (χ2v) is 9.54. The van der Waals surface area contributed by atoms with Crippen molar-refractivity contribution in [2.75, 3.05) is 19.0 Å². The monoisotopic (exact) mass is 478 g/mol. The van der Waals surface area contributed by atoms with E-state index in [0.717, 1.165) is 34.3 Å². The summed E-state index contributed by atoms with van der Waals surface area (Å²) < 4.78 is 10.8. The fraction of sp³-hybridized carbons (Fsp3) is 0.385. The Balaban J connectivity index is 1.65. The second-order valence-electron chi connectivity index (χ2n) is 9.54. The quantitative estimate of drug-likeness (QED) is 0.524. The first kappa shape index (κ1) is 24.3. The predicted molar refractivity (Wildman–Crippen MR) is 132 cm³/mol. The highest BCUT2D eigenvalue weighted by Gasteiger charge is 2.26. The summed E-state index contributed by atoms with van der Waals surface area (Å²) in [5.41, 5.74) is 4.54. The van der Waals surface area contributed by atoms with E-state index in [9.17, 15) is 14.7 Å². The third-order valence-corrected chi connectivity index (χ3v) is 5.74. The number of hydrogen-bond acceptors (Lipinski definition) is 7. The van der Waals surface area contributed by atoms with Crippen LogP contribution >= 0.6 is 0 Å². The number of carboxylic acid groups (broad SMARTS) is 1. The molecule has 1 aliphatic heterocycles. The van der Waals surface area contributed by atoms with Crippen molar-refractivity contribution in [3.05, 3.63) is 53.2 Å². The molecule has 0 unspecified atom stereocenters. The molecular formula is C26H30N4O5. The number of carbonyl (C=O) groups excluding carboxylic acids is 1. The van der Waals surface area contributed by atoms with Crippen LogP contribution in [0.4, 0.5) is 16.2 Å². The average molecular weight is 479 g/mol. The molecule has 9 nitrogen and oxygen atoms in total. The summed E-state index contributed by atoms with van der Waals surface area (Å²) in [4.78, 5) is 34.3. The summed E-state index contributed by atoms with van der Waals surface area (Å²) in [6, 6.07) is 9.69. The molecule has 1 aromatic carbocycles. The molecule has 35 heavy (non-hydrogen) atoms. The number of nitrogens with one attached hydrogen (secondary N) is 1. The first-order chi connectivity index (χ1) is 16.6. The fourth-order valence-electron chi connectivity index (χ4n) is 4.06. The number of methoxy groups -OCH3 is 1. The van der Waals surface area contributed by atoms with Gasteiger partial charge < -0.3 is 24.8 Å². The molecule has 3 aromatic rings. The molecule has 2 aromatic heterocycles. The van der Waals surface area contributed by atoms with Crippen molar-refractivity contribution in [1.82, 2.24) is 14.9 Å². The van der Waals surface area contributed by atoms with E-state index >= 15 is 0 Å².